The second-order valence-electron chi connectivity index (χ2n) is 5.74. The van der Waals surface area contributed by atoms with Crippen molar-refractivity contribution in [3.63, 3.8) is 0 Å². The van der Waals surface area contributed by atoms with E-state index in [1.807, 2.05) is 18.2 Å². The van der Waals surface area contributed by atoms with Gasteiger partial charge in [-0.3, -0.25) is 10.1 Å². The van der Waals surface area contributed by atoms with E-state index in [4.69, 9.17) is 4.42 Å². The van der Waals surface area contributed by atoms with E-state index in [1.165, 1.54) is 11.3 Å². The van der Waals surface area contributed by atoms with Gasteiger partial charge in [-0.1, -0.05) is 42.6 Å². The van der Waals surface area contributed by atoms with Gasteiger partial charge in [-0.05, 0) is 25.0 Å². The van der Waals surface area contributed by atoms with Gasteiger partial charge in [0.15, 0.2) is 0 Å². The Morgan fingerprint density at radius 3 is 2.74 bits per heavy atom. The average Bonchev–Trinajstić information content (AvgIpc) is 3.04. The molecule has 1 fully saturated rings. The van der Waals surface area contributed by atoms with Crippen molar-refractivity contribution in [3.05, 3.63) is 36.2 Å². The number of carbonyl (C=O) groups excluding carboxylic acids is 1. The van der Waals surface area contributed by atoms with Crippen molar-refractivity contribution in [2.45, 2.75) is 43.4 Å². The van der Waals surface area contributed by atoms with Gasteiger partial charge in [0.05, 0.1) is 0 Å². The van der Waals surface area contributed by atoms with Crippen LogP contribution in [-0.4, -0.2) is 21.9 Å². The van der Waals surface area contributed by atoms with Crippen LogP contribution in [-0.2, 0) is 11.2 Å². The molecule has 0 bridgehead atoms. The summed E-state index contributed by atoms with van der Waals surface area (Å²) in [5, 5.41) is 10.7. The Labute approximate surface area is 140 Å². The highest BCUT2D eigenvalue weighted by Gasteiger charge is 2.22. The second-order valence-corrected chi connectivity index (χ2v) is 6.90. The van der Waals surface area contributed by atoms with Crippen LogP contribution in [0.3, 0.4) is 0 Å². The second kappa shape index (κ2) is 8.15. The first-order valence-electron chi connectivity index (χ1n) is 8.12. The summed E-state index contributed by atoms with van der Waals surface area (Å²) in [6, 6.07) is 10.4. The number of rotatable bonds is 6. The van der Waals surface area contributed by atoms with Crippen molar-refractivity contribution in [3.8, 4) is 0 Å². The molecule has 1 N–H and O–H groups in total. The van der Waals surface area contributed by atoms with Crippen LogP contribution in [0.2, 0.25) is 0 Å². The minimum atomic E-state index is 0.0126. The molecule has 2 aromatic rings. The van der Waals surface area contributed by atoms with Gasteiger partial charge < -0.3 is 4.42 Å². The molecule has 6 heteroatoms. The summed E-state index contributed by atoms with van der Waals surface area (Å²) in [7, 11) is 0. The number of thioether (sulfide) groups is 1. The molecule has 1 aliphatic rings. The first kappa shape index (κ1) is 16.1. The van der Waals surface area contributed by atoms with E-state index in [0.29, 0.717) is 12.3 Å². The predicted molar refractivity (Wildman–Crippen MR) is 90.4 cm³/mol. The molecule has 0 spiro atoms. The summed E-state index contributed by atoms with van der Waals surface area (Å²) in [5.41, 5.74) is 0. The molecule has 1 aliphatic carbocycles. The molecule has 122 valence electrons. The number of nitrogens with one attached hydrogen (secondary N) is 1. The van der Waals surface area contributed by atoms with Gasteiger partial charge >= 0.3 is 6.01 Å². The van der Waals surface area contributed by atoms with Crippen LogP contribution < -0.4 is 5.32 Å². The van der Waals surface area contributed by atoms with Gasteiger partial charge in [0.25, 0.3) is 0 Å². The van der Waals surface area contributed by atoms with Gasteiger partial charge in [-0.2, -0.15) is 0 Å². The summed E-state index contributed by atoms with van der Waals surface area (Å²) in [4.78, 5) is 13.4. The molecule has 1 heterocycles. The zero-order chi connectivity index (χ0) is 15.9. The van der Waals surface area contributed by atoms with Crippen LogP contribution in [0.15, 0.2) is 39.6 Å². The van der Waals surface area contributed by atoms with Crippen molar-refractivity contribution < 1.29 is 9.21 Å². The number of amides is 1. The number of carbonyl (C=O) groups is 1. The summed E-state index contributed by atoms with van der Waals surface area (Å²) in [5.74, 6) is 1.53. The summed E-state index contributed by atoms with van der Waals surface area (Å²) in [6.07, 6.45) is 6.09. The van der Waals surface area contributed by atoms with Crippen LogP contribution in [0.5, 0.6) is 0 Å². The van der Waals surface area contributed by atoms with Crippen LogP contribution in [0, 0.1) is 5.92 Å². The maximum Gasteiger partial charge on any atom is 0.322 e. The molecule has 1 aromatic heterocycles. The molecule has 0 radical (unpaired) electrons. The normalized spacial score (nSPS) is 15.5. The van der Waals surface area contributed by atoms with Gasteiger partial charge in [-0.15, -0.1) is 16.9 Å². The Balaban J connectivity index is 1.45. The third-order valence-corrected chi connectivity index (χ3v) is 5.01. The average molecular weight is 331 g/mol. The predicted octanol–water partition coefficient (Wildman–Crippen LogP) is 3.92. The zero-order valence-electron chi connectivity index (χ0n) is 13.0. The standard InChI is InChI=1S/C17H21N3O2S/c21-16(13-7-3-1-4-8-13)18-17-20-19-15(22-17)11-12-23-14-9-5-2-6-10-14/h2,5-6,9-10,13H,1,3-4,7-8,11-12H2,(H,18,20,21). The molecule has 3 rings (SSSR count). The Morgan fingerprint density at radius 1 is 1.17 bits per heavy atom. The van der Waals surface area contributed by atoms with E-state index in [1.54, 1.807) is 11.8 Å². The smallest absolute Gasteiger partial charge is 0.322 e. The third-order valence-electron chi connectivity index (χ3n) is 4.00. The fourth-order valence-corrected chi connectivity index (χ4v) is 3.61. The Kier molecular flexibility index (Phi) is 5.69. The maximum absolute atomic E-state index is 12.1. The molecular weight excluding hydrogens is 310 g/mol. The highest BCUT2D eigenvalue weighted by molar-refractivity contribution is 7.99. The topological polar surface area (TPSA) is 68.0 Å². The van der Waals surface area contributed by atoms with Crippen LogP contribution in [0.25, 0.3) is 0 Å². The van der Waals surface area contributed by atoms with Crippen LogP contribution >= 0.6 is 11.8 Å². The van der Waals surface area contributed by atoms with Crippen LogP contribution in [0.4, 0.5) is 6.01 Å². The highest BCUT2D eigenvalue weighted by atomic mass is 32.2. The maximum atomic E-state index is 12.1. The van der Waals surface area contributed by atoms with Crippen LogP contribution in [0.1, 0.15) is 38.0 Å². The lowest BCUT2D eigenvalue weighted by atomic mass is 9.89. The Hall–Kier alpha value is -1.82. The molecule has 23 heavy (non-hydrogen) atoms. The largest absolute Gasteiger partial charge is 0.408 e. The van der Waals surface area contributed by atoms with E-state index in [-0.39, 0.29) is 17.8 Å². The molecule has 0 aliphatic heterocycles. The first-order chi connectivity index (χ1) is 11.3. The summed E-state index contributed by atoms with van der Waals surface area (Å²) < 4.78 is 5.52. The molecule has 1 aromatic carbocycles. The quantitative estimate of drug-likeness (QED) is 0.813. The molecule has 1 saturated carbocycles. The van der Waals surface area contributed by atoms with Crippen molar-refractivity contribution >= 4 is 23.7 Å². The van der Waals surface area contributed by atoms with E-state index in [9.17, 15) is 4.79 Å². The number of aromatic nitrogens is 2. The minimum absolute atomic E-state index is 0.0126. The Morgan fingerprint density at radius 2 is 1.96 bits per heavy atom. The number of nitrogens with zero attached hydrogens (tertiary/aromatic N) is 2. The van der Waals surface area contributed by atoms with Crippen molar-refractivity contribution in [1.82, 2.24) is 10.2 Å². The van der Waals surface area contributed by atoms with Crippen molar-refractivity contribution in [1.29, 1.82) is 0 Å². The highest BCUT2D eigenvalue weighted by Crippen LogP contribution is 2.25. The molecule has 0 atom stereocenters. The van der Waals surface area contributed by atoms with Gasteiger partial charge in [0.1, 0.15) is 0 Å². The molecule has 0 unspecified atom stereocenters. The number of anilines is 1. The molecule has 5 nitrogen and oxygen atoms in total. The molecular formula is C17H21N3O2S. The summed E-state index contributed by atoms with van der Waals surface area (Å²) in [6.45, 7) is 0. The van der Waals surface area contributed by atoms with E-state index in [0.717, 1.165) is 31.4 Å². The fourth-order valence-electron chi connectivity index (χ4n) is 2.75. The zero-order valence-corrected chi connectivity index (χ0v) is 13.8. The van der Waals surface area contributed by atoms with Gasteiger partial charge in [-0.25, -0.2) is 0 Å². The van der Waals surface area contributed by atoms with Gasteiger partial charge in [0.2, 0.25) is 11.8 Å². The molecule has 0 saturated heterocycles. The summed E-state index contributed by atoms with van der Waals surface area (Å²) >= 11 is 1.75. The van der Waals surface area contributed by atoms with E-state index >= 15 is 0 Å². The van der Waals surface area contributed by atoms with E-state index < -0.39 is 0 Å². The van der Waals surface area contributed by atoms with E-state index in [2.05, 4.69) is 27.6 Å². The lowest BCUT2D eigenvalue weighted by Gasteiger charge is -2.19. The van der Waals surface area contributed by atoms with Gasteiger partial charge in [0, 0.05) is 23.0 Å². The third kappa shape index (κ3) is 4.82. The number of aryl methyl sites for hydroxylation is 1. The monoisotopic (exact) mass is 331 g/mol. The first-order valence-corrected chi connectivity index (χ1v) is 9.11. The number of hydrogen-bond donors (Lipinski definition) is 1. The van der Waals surface area contributed by atoms with Crippen molar-refractivity contribution in [2.24, 2.45) is 5.92 Å². The minimum Gasteiger partial charge on any atom is -0.408 e. The lowest BCUT2D eigenvalue weighted by molar-refractivity contribution is -0.120. The van der Waals surface area contributed by atoms with Crippen molar-refractivity contribution in [2.75, 3.05) is 11.1 Å². The fraction of sp³-hybridized carbons (Fsp3) is 0.471. The Bertz CT molecular complexity index is 624. The molecule has 1 amide bonds. The number of hydrogen-bond acceptors (Lipinski definition) is 5. The number of benzene rings is 1. The lowest BCUT2D eigenvalue weighted by Crippen LogP contribution is -2.24. The SMILES string of the molecule is O=C(Nc1nnc(CCSc2ccccc2)o1)C1CCCCC1.